The summed E-state index contributed by atoms with van der Waals surface area (Å²) in [6.07, 6.45) is 1.34. The van der Waals surface area contributed by atoms with Crippen molar-refractivity contribution in [1.29, 1.82) is 0 Å². The largest absolute Gasteiger partial charge is 0.506 e. The average molecular weight is 229 g/mol. The van der Waals surface area contributed by atoms with Crippen LogP contribution in [0.3, 0.4) is 0 Å². The number of pyridine rings is 1. The van der Waals surface area contributed by atoms with Crippen molar-refractivity contribution in [3.05, 3.63) is 30.0 Å². The Morgan fingerprint density at radius 2 is 2.29 bits per heavy atom. The molecule has 0 radical (unpaired) electrons. The van der Waals surface area contributed by atoms with E-state index in [0.29, 0.717) is 10.9 Å². The van der Waals surface area contributed by atoms with Crippen LogP contribution in [-0.4, -0.2) is 30.5 Å². The Morgan fingerprint density at radius 3 is 3.00 bits per heavy atom. The third-order valence-electron chi connectivity index (χ3n) is 2.49. The van der Waals surface area contributed by atoms with Crippen molar-refractivity contribution in [2.24, 2.45) is 0 Å². The molecule has 0 aliphatic rings. The number of aromatic nitrogens is 1. The van der Waals surface area contributed by atoms with Crippen molar-refractivity contribution < 1.29 is 14.6 Å². The molecule has 86 valence electrons. The molecule has 1 heterocycles. The first kappa shape index (κ1) is 11.5. The van der Waals surface area contributed by atoms with E-state index in [2.05, 4.69) is 4.98 Å². The highest BCUT2D eigenvalue weighted by molar-refractivity contribution is 6.33. The van der Waals surface area contributed by atoms with Crippen LogP contribution in [0, 0.1) is 0 Å². The summed E-state index contributed by atoms with van der Waals surface area (Å²) in [6, 6.07) is 5.50. The predicted octanol–water partition coefficient (Wildman–Crippen LogP) is 0.376. The van der Waals surface area contributed by atoms with E-state index >= 15 is 0 Å². The molecule has 1 N–H and O–H groups in total. The highest BCUT2D eigenvalue weighted by Gasteiger charge is 2.15. The Morgan fingerprint density at radius 1 is 1.53 bits per heavy atom. The summed E-state index contributed by atoms with van der Waals surface area (Å²) in [7, 11) is 1.91. The molecule has 0 amide bonds. The lowest BCUT2D eigenvalue weighted by atomic mass is 9.94. The molecular weight excluding hydrogens is 217 g/mol. The molecule has 17 heavy (non-hydrogen) atoms. The van der Waals surface area contributed by atoms with Crippen LogP contribution in [0.2, 0.25) is 0 Å². The van der Waals surface area contributed by atoms with Gasteiger partial charge in [0, 0.05) is 11.6 Å². The number of benzene rings is 1. The lowest BCUT2D eigenvalue weighted by Crippen LogP contribution is -2.07. The molecule has 0 saturated carbocycles. The minimum absolute atomic E-state index is 0.0721. The molecule has 0 saturated heterocycles. The second kappa shape index (κ2) is 4.45. The van der Waals surface area contributed by atoms with Gasteiger partial charge in [-0.05, 0) is 13.0 Å². The van der Waals surface area contributed by atoms with Crippen LogP contribution in [0.25, 0.3) is 10.9 Å². The van der Waals surface area contributed by atoms with Gasteiger partial charge in [0.1, 0.15) is 19.2 Å². The van der Waals surface area contributed by atoms with Crippen LogP contribution < -0.4 is 5.46 Å². The van der Waals surface area contributed by atoms with Crippen LogP contribution in [0.1, 0.15) is 17.3 Å². The van der Waals surface area contributed by atoms with Gasteiger partial charge in [0.2, 0.25) is 0 Å². The summed E-state index contributed by atoms with van der Waals surface area (Å²) in [6.45, 7) is 1.98. The third-order valence-corrected chi connectivity index (χ3v) is 2.49. The van der Waals surface area contributed by atoms with E-state index in [9.17, 15) is 9.90 Å². The molecule has 2 aromatic rings. The molecule has 0 aliphatic heterocycles. The topological polar surface area (TPSA) is 59.4 Å². The summed E-state index contributed by atoms with van der Waals surface area (Å²) >= 11 is 0. The van der Waals surface area contributed by atoms with E-state index in [0.717, 1.165) is 5.46 Å². The first-order valence-corrected chi connectivity index (χ1v) is 5.39. The van der Waals surface area contributed by atoms with E-state index in [-0.39, 0.29) is 17.9 Å². The van der Waals surface area contributed by atoms with Gasteiger partial charge in [-0.15, -0.1) is 0 Å². The van der Waals surface area contributed by atoms with Gasteiger partial charge in [-0.3, -0.25) is 4.98 Å². The van der Waals surface area contributed by atoms with Crippen molar-refractivity contribution in [3.63, 3.8) is 0 Å². The number of fused-ring (bicyclic) bond motifs is 1. The minimum Gasteiger partial charge on any atom is -0.506 e. The van der Waals surface area contributed by atoms with Crippen LogP contribution in [0.15, 0.2) is 24.4 Å². The molecule has 5 heteroatoms. The normalized spacial score (nSPS) is 10.4. The first-order chi connectivity index (χ1) is 8.13. The second-order valence-electron chi connectivity index (χ2n) is 3.76. The SMILES string of the molecule is Bc1ccc2ncc(C(=O)OCC)c(O)c2c1. The number of hydrogen-bond acceptors (Lipinski definition) is 4. The fraction of sp³-hybridized carbons (Fsp3) is 0.167. The van der Waals surface area contributed by atoms with Crippen LogP contribution in [0.4, 0.5) is 0 Å². The molecule has 0 atom stereocenters. The van der Waals surface area contributed by atoms with E-state index in [1.807, 2.05) is 13.9 Å². The number of ether oxygens (including phenoxy) is 1. The molecule has 0 fully saturated rings. The molecular formula is C12H12BNO3. The Balaban J connectivity index is 2.60. The van der Waals surface area contributed by atoms with E-state index in [1.54, 1.807) is 19.1 Å². The number of rotatable bonds is 2. The van der Waals surface area contributed by atoms with Gasteiger partial charge in [-0.2, -0.15) is 0 Å². The fourth-order valence-corrected chi connectivity index (χ4v) is 1.65. The van der Waals surface area contributed by atoms with Crippen LogP contribution in [-0.2, 0) is 4.74 Å². The van der Waals surface area contributed by atoms with E-state index < -0.39 is 5.97 Å². The van der Waals surface area contributed by atoms with E-state index in [4.69, 9.17) is 4.74 Å². The molecule has 1 aromatic heterocycles. The lowest BCUT2D eigenvalue weighted by molar-refractivity contribution is 0.0523. The number of carbonyl (C=O) groups is 1. The Labute approximate surface area is 99.6 Å². The zero-order valence-corrected chi connectivity index (χ0v) is 9.73. The Hall–Kier alpha value is -2.04. The summed E-state index contributed by atoms with van der Waals surface area (Å²) in [5.41, 5.74) is 1.75. The zero-order valence-electron chi connectivity index (χ0n) is 9.73. The van der Waals surface area contributed by atoms with Gasteiger partial charge in [0.15, 0.2) is 0 Å². The van der Waals surface area contributed by atoms with Crippen molar-refractivity contribution in [3.8, 4) is 5.75 Å². The highest BCUT2D eigenvalue weighted by Crippen LogP contribution is 2.26. The Kier molecular flexibility index (Phi) is 3.00. The van der Waals surface area contributed by atoms with Crippen molar-refractivity contribution in [2.45, 2.75) is 6.92 Å². The smallest absolute Gasteiger partial charge is 0.343 e. The van der Waals surface area contributed by atoms with Crippen LogP contribution in [0.5, 0.6) is 5.75 Å². The molecule has 0 aliphatic carbocycles. The molecule has 2 rings (SSSR count). The van der Waals surface area contributed by atoms with Crippen molar-refractivity contribution in [2.75, 3.05) is 6.61 Å². The molecule has 4 nitrogen and oxygen atoms in total. The van der Waals surface area contributed by atoms with Crippen molar-refractivity contribution in [1.82, 2.24) is 4.98 Å². The third kappa shape index (κ3) is 2.09. The fourth-order valence-electron chi connectivity index (χ4n) is 1.65. The first-order valence-electron chi connectivity index (χ1n) is 5.39. The summed E-state index contributed by atoms with van der Waals surface area (Å²) < 4.78 is 4.85. The maximum atomic E-state index is 11.6. The second-order valence-corrected chi connectivity index (χ2v) is 3.76. The van der Waals surface area contributed by atoms with Crippen LogP contribution >= 0.6 is 0 Å². The van der Waals surface area contributed by atoms with Gasteiger partial charge in [-0.25, -0.2) is 4.79 Å². The Bertz CT molecular complexity index is 583. The van der Waals surface area contributed by atoms with Gasteiger partial charge in [0.25, 0.3) is 0 Å². The maximum absolute atomic E-state index is 11.6. The quantitative estimate of drug-likeness (QED) is 0.597. The van der Waals surface area contributed by atoms with E-state index in [1.165, 1.54) is 6.20 Å². The number of aromatic hydroxyl groups is 1. The zero-order chi connectivity index (χ0) is 12.4. The predicted molar refractivity (Wildman–Crippen MR) is 67.5 cm³/mol. The number of carbonyl (C=O) groups excluding carboxylic acids is 1. The highest BCUT2D eigenvalue weighted by atomic mass is 16.5. The molecule has 1 aromatic carbocycles. The van der Waals surface area contributed by atoms with Gasteiger partial charge >= 0.3 is 5.97 Å². The van der Waals surface area contributed by atoms with Gasteiger partial charge in [0.05, 0.1) is 12.1 Å². The van der Waals surface area contributed by atoms with Gasteiger partial charge in [-0.1, -0.05) is 17.6 Å². The monoisotopic (exact) mass is 229 g/mol. The minimum atomic E-state index is -0.555. The lowest BCUT2D eigenvalue weighted by Gasteiger charge is -2.07. The average Bonchev–Trinajstić information content (AvgIpc) is 2.30. The van der Waals surface area contributed by atoms with Crippen molar-refractivity contribution >= 4 is 30.2 Å². The number of nitrogens with zero attached hydrogens (tertiary/aromatic N) is 1. The molecule has 0 spiro atoms. The maximum Gasteiger partial charge on any atom is 0.343 e. The number of esters is 1. The summed E-state index contributed by atoms with van der Waals surface area (Å²) in [5, 5.41) is 10.6. The molecule has 0 bridgehead atoms. The summed E-state index contributed by atoms with van der Waals surface area (Å²) in [4.78, 5) is 15.7. The molecule has 0 unspecified atom stereocenters. The number of hydrogen-bond donors (Lipinski definition) is 1. The van der Waals surface area contributed by atoms with Gasteiger partial charge < -0.3 is 9.84 Å². The standard InChI is InChI=1S/C12H12BNO3/c1-2-17-12(16)9-6-14-10-4-3-7(13)5-8(10)11(9)15/h3-6H,2,13H2,1H3,(H,14,15). The summed E-state index contributed by atoms with van der Waals surface area (Å²) in [5.74, 6) is -0.627.